The molecule has 0 radical (unpaired) electrons. The van der Waals surface area contributed by atoms with Crippen molar-refractivity contribution in [3.8, 4) is 0 Å². The number of hydrogen-bond acceptors (Lipinski definition) is 4. The van der Waals surface area contributed by atoms with Gasteiger partial charge in [-0.15, -0.1) is 0 Å². The minimum absolute atomic E-state index is 0.156. The number of rotatable bonds is 8. The third-order valence-electron chi connectivity index (χ3n) is 3.81. The molecule has 2 aromatic carbocycles. The van der Waals surface area contributed by atoms with E-state index in [-0.39, 0.29) is 11.7 Å². The van der Waals surface area contributed by atoms with Gasteiger partial charge in [-0.05, 0) is 43.3 Å². The Bertz CT molecular complexity index is 817. The molecule has 28 heavy (non-hydrogen) atoms. The van der Waals surface area contributed by atoms with Gasteiger partial charge in [-0.2, -0.15) is 0 Å². The van der Waals surface area contributed by atoms with Gasteiger partial charge in [0.1, 0.15) is 6.10 Å². The summed E-state index contributed by atoms with van der Waals surface area (Å²) in [4.78, 5) is 37.3. The van der Waals surface area contributed by atoms with Gasteiger partial charge in [-0.3, -0.25) is 14.5 Å². The van der Waals surface area contributed by atoms with Gasteiger partial charge in [0.15, 0.2) is 5.78 Å². The molecule has 2 aromatic rings. The van der Waals surface area contributed by atoms with E-state index in [1.54, 1.807) is 18.7 Å². The van der Waals surface area contributed by atoms with Crippen molar-refractivity contribution < 1.29 is 19.1 Å². The number of hydrogen-bond donors (Lipinski definition) is 0. The molecule has 1 amide bonds. The Morgan fingerprint density at radius 2 is 1.43 bits per heavy atom. The molecular formula is C23H23NO4. The molecule has 0 aliphatic carbocycles. The van der Waals surface area contributed by atoms with E-state index in [1.165, 1.54) is 18.2 Å². The first-order valence-electron chi connectivity index (χ1n) is 9.05. The van der Waals surface area contributed by atoms with Gasteiger partial charge in [0, 0.05) is 29.9 Å². The Balaban J connectivity index is 2.10. The third kappa shape index (κ3) is 6.36. The summed E-state index contributed by atoms with van der Waals surface area (Å²) in [5, 5.41) is 0. The number of nitrogens with zero attached hydrogens (tertiary/aromatic N) is 1. The van der Waals surface area contributed by atoms with E-state index in [0.717, 1.165) is 17.5 Å². The Hall–Kier alpha value is -3.47. The average molecular weight is 377 g/mol. The number of anilines is 2. The second-order valence-electron chi connectivity index (χ2n) is 6.00. The Morgan fingerprint density at radius 1 is 0.893 bits per heavy atom. The van der Waals surface area contributed by atoms with Crippen molar-refractivity contribution in [2.45, 2.75) is 26.4 Å². The number of amides is 1. The summed E-state index contributed by atoms with van der Waals surface area (Å²) in [6.07, 6.45) is 4.87. The predicted octanol–water partition coefficient (Wildman–Crippen LogP) is 4.37. The highest BCUT2D eigenvalue weighted by atomic mass is 16.5. The number of esters is 1. The van der Waals surface area contributed by atoms with Gasteiger partial charge < -0.3 is 4.74 Å². The minimum Gasteiger partial charge on any atom is -0.455 e. The summed E-state index contributed by atoms with van der Waals surface area (Å²) in [5.74, 6) is -1.05. The quantitative estimate of drug-likeness (QED) is 0.506. The minimum atomic E-state index is -0.630. The van der Waals surface area contributed by atoms with Gasteiger partial charge in [0.25, 0.3) is 5.91 Å². The van der Waals surface area contributed by atoms with Crippen LogP contribution in [0, 0.1) is 0 Å². The van der Waals surface area contributed by atoms with Crippen molar-refractivity contribution in [2.24, 2.45) is 0 Å². The molecule has 1 atom stereocenters. The van der Waals surface area contributed by atoms with Crippen LogP contribution in [0.3, 0.4) is 0 Å². The number of allylic oxidation sites excluding steroid dienone is 1. The Morgan fingerprint density at radius 3 is 1.93 bits per heavy atom. The van der Waals surface area contributed by atoms with Crippen LogP contribution in [0.5, 0.6) is 0 Å². The van der Waals surface area contributed by atoms with Gasteiger partial charge in [0.2, 0.25) is 0 Å². The van der Waals surface area contributed by atoms with Crippen molar-refractivity contribution in [1.29, 1.82) is 0 Å². The molecule has 144 valence electrons. The molecule has 2 rings (SSSR count). The van der Waals surface area contributed by atoms with Crippen LogP contribution < -0.4 is 4.90 Å². The fraction of sp³-hybridized carbons (Fsp3) is 0.174. The Kier molecular flexibility index (Phi) is 7.91. The molecule has 5 heteroatoms. The molecule has 0 N–H and O–H groups in total. The van der Waals surface area contributed by atoms with Gasteiger partial charge >= 0.3 is 5.97 Å². The van der Waals surface area contributed by atoms with Crippen LogP contribution in [-0.2, 0) is 19.1 Å². The van der Waals surface area contributed by atoms with E-state index >= 15 is 0 Å². The SMILES string of the molecule is CCC(=O)C=CC(=O)OC(C)C=CC(=O)N(c1ccccc1)c1ccccc1. The highest BCUT2D eigenvalue weighted by Crippen LogP contribution is 2.25. The van der Waals surface area contributed by atoms with E-state index in [1.807, 2.05) is 60.7 Å². The summed E-state index contributed by atoms with van der Waals surface area (Å²) >= 11 is 0. The zero-order valence-electron chi connectivity index (χ0n) is 15.9. The van der Waals surface area contributed by atoms with Crippen LogP contribution in [0.4, 0.5) is 11.4 Å². The van der Waals surface area contributed by atoms with Crippen LogP contribution in [0.25, 0.3) is 0 Å². The van der Waals surface area contributed by atoms with E-state index in [2.05, 4.69) is 0 Å². The molecule has 0 fully saturated rings. The number of ether oxygens (including phenoxy) is 1. The summed E-state index contributed by atoms with van der Waals surface area (Å²) in [5.41, 5.74) is 1.46. The van der Waals surface area contributed by atoms with Crippen LogP contribution in [-0.4, -0.2) is 23.8 Å². The van der Waals surface area contributed by atoms with Crippen molar-refractivity contribution >= 4 is 29.0 Å². The Labute approximate surface area is 164 Å². The normalized spacial score (nSPS) is 12.1. The lowest BCUT2D eigenvalue weighted by molar-refractivity contribution is -0.140. The molecule has 0 saturated heterocycles. The fourth-order valence-electron chi connectivity index (χ4n) is 2.39. The molecule has 5 nitrogen and oxygen atoms in total. The lowest BCUT2D eigenvalue weighted by Crippen LogP contribution is -2.24. The highest BCUT2D eigenvalue weighted by Gasteiger charge is 2.15. The van der Waals surface area contributed by atoms with Crippen molar-refractivity contribution in [1.82, 2.24) is 0 Å². The van der Waals surface area contributed by atoms with Crippen LogP contribution >= 0.6 is 0 Å². The van der Waals surface area contributed by atoms with E-state index < -0.39 is 12.1 Å². The third-order valence-corrected chi connectivity index (χ3v) is 3.81. The van der Waals surface area contributed by atoms with Gasteiger partial charge in [0.05, 0.1) is 0 Å². The predicted molar refractivity (Wildman–Crippen MR) is 109 cm³/mol. The number of ketones is 1. The highest BCUT2D eigenvalue weighted by molar-refractivity contribution is 6.07. The molecule has 0 aliphatic rings. The summed E-state index contributed by atoms with van der Waals surface area (Å²) in [7, 11) is 0. The average Bonchev–Trinajstić information content (AvgIpc) is 2.72. The van der Waals surface area contributed by atoms with Gasteiger partial charge in [-0.1, -0.05) is 43.3 Å². The molecule has 0 bridgehead atoms. The second kappa shape index (κ2) is 10.6. The largest absolute Gasteiger partial charge is 0.455 e. The first-order valence-corrected chi connectivity index (χ1v) is 9.05. The first kappa shape index (κ1) is 20.8. The molecule has 0 saturated carbocycles. The topological polar surface area (TPSA) is 63.7 Å². The molecule has 1 unspecified atom stereocenters. The molecule has 0 aromatic heterocycles. The molecule has 0 heterocycles. The van der Waals surface area contributed by atoms with Crippen LogP contribution in [0.2, 0.25) is 0 Å². The smallest absolute Gasteiger partial charge is 0.331 e. The zero-order chi connectivity index (χ0) is 20.4. The maximum absolute atomic E-state index is 12.8. The zero-order valence-corrected chi connectivity index (χ0v) is 15.9. The number of benzene rings is 2. The number of carbonyl (C=O) groups is 3. The van der Waals surface area contributed by atoms with Crippen molar-refractivity contribution in [2.75, 3.05) is 4.90 Å². The van der Waals surface area contributed by atoms with E-state index in [4.69, 9.17) is 4.74 Å². The summed E-state index contributed by atoms with van der Waals surface area (Å²) < 4.78 is 5.15. The van der Waals surface area contributed by atoms with Crippen LogP contribution in [0.15, 0.2) is 85.0 Å². The summed E-state index contributed by atoms with van der Waals surface area (Å²) in [6.45, 7) is 3.35. The lowest BCUT2D eigenvalue weighted by atomic mass is 10.2. The molecule has 0 spiro atoms. The van der Waals surface area contributed by atoms with Crippen molar-refractivity contribution in [3.05, 3.63) is 85.0 Å². The van der Waals surface area contributed by atoms with Crippen molar-refractivity contribution in [3.63, 3.8) is 0 Å². The van der Waals surface area contributed by atoms with Gasteiger partial charge in [-0.25, -0.2) is 4.79 Å². The molecule has 0 aliphatic heterocycles. The number of para-hydroxylation sites is 2. The van der Waals surface area contributed by atoms with E-state index in [0.29, 0.717) is 6.42 Å². The fourth-order valence-corrected chi connectivity index (χ4v) is 2.39. The first-order chi connectivity index (χ1) is 13.5. The maximum atomic E-state index is 12.8. The number of carbonyl (C=O) groups excluding carboxylic acids is 3. The van der Waals surface area contributed by atoms with E-state index in [9.17, 15) is 14.4 Å². The summed E-state index contributed by atoms with van der Waals surface area (Å²) in [6, 6.07) is 18.6. The second-order valence-corrected chi connectivity index (χ2v) is 6.00. The lowest BCUT2D eigenvalue weighted by Gasteiger charge is -2.21. The van der Waals surface area contributed by atoms with Crippen LogP contribution in [0.1, 0.15) is 20.3 Å². The monoisotopic (exact) mass is 377 g/mol. The maximum Gasteiger partial charge on any atom is 0.331 e. The standard InChI is InChI=1S/C23H23NO4/c1-3-21(25)15-17-23(27)28-18(2)14-16-22(26)24(19-10-6-4-7-11-19)20-12-8-5-9-13-20/h4-18H,3H2,1-2H3. The molecular weight excluding hydrogens is 354 g/mol.